The van der Waals surface area contributed by atoms with Crippen molar-refractivity contribution in [2.75, 3.05) is 11.9 Å². The number of benzene rings is 1. The molecule has 4 nitrogen and oxygen atoms in total. The molecule has 0 radical (unpaired) electrons. The van der Waals surface area contributed by atoms with Crippen molar-refractivity contribution >= 4 is 11.6 Å². The zero-order valence-corrected chi connectivity index (χ0v) is 8.25. The Balaban J connectivity index is 2.11. The summed E-state index contributed by atoms with van der Waals surface area (Å²) in [6, 6.07) is 7.74. The lowest BCUT2D eigenvalue weighted by Gasteiger charge is -2.31. The van der Waals surface area contributed by atoms with E-state index in [2.05, 4.69) is 10.8 Å². The highest BCUT2D eigenvalue weighted by atomic mass is 16.6. The van der Waals surface area contributed by atoms with Crippen molar-refractivity contribution in [2.24, 2.45) is 0 Å². The molecule has 0 aliphatic carbocycles. The van der Waals surface area contributed by atoms with Gasteiger partial charge in [0.25, 0.3) is 5.91 Å². The van der Waals surface area contributed by atoms with Gasteiger partial charge < -0.3 is 10.2 Å². The first-order valence-corrected chi connectivity index (χ1v) is 5.13. The van der Waals surface area contributed by atoms with Crippen LogP contribution in [0.1, 0.15) is 18.4 Å². The van der Waals surface area contributed by atoms with Gasteiger partial charge in [-0.05, 0) is 18.9 Å². The summed E-state index contributed by atoms with van der Waals surface area (Å²) in [4.78, 5) is 17.2. The molecular weight excluding hydrogens is 192 g/mol. The molecule has 1 aromatic rings. The monoisotopic (exact) mass is 204 g/mol. The van der Waals surface area contributed by atoms with Gasteiger partial charge in [-0.1, -0.05) is 18.2 Å². The fraction of sp³-hybridized carbons (Fsp3) is 0.364. The standard InChI is InChI=1S/C11H12N2O2/c14-10-11(6-3-7-15-13-11)8-4-1-2-5-9(8)12-10/h1-2,4-5,13H,3,6-7H2,(H,12,14). The number of anilines is 1. The molecule has 0 aromatic heterocycles. The quantitative estimate of drug-likeness (QED) is 0.666. The molecule has 15 heavy (non-hydrogen) atoms. The van der Waals surface area contributed by atoms with Crippen LogP contribution < -0.4 is 10.8 Å². The molecule has 1 unspecified atom stereocenters. The Morgan fingerprint density at radius 1 is 1.33 bits per heavy atom. The average Bonchev–Trinajstić information content (AvgIpc) is 2.55. The summed E-state index contributed by atoms with van der Waals surface area (Å²) in [5.41, 5.74) is 4.11. The van der Waals surface area contributed by atoms with Gasteiger partial charge in [0.15, 0.2) is 0 Å². The molecule has 1 aromatic carbocycles. The van der Waals surface area contributed by atoms with Crippen molar-refractivity contribution in [3.63, 3.8) is 0 Å². The third-order valence-electron chi connectivity index (χ3n) is 3.07. The Hall–Kier alpha value is -1.39. The summed E-state index contributed by atoms with van der Waals surface area (Å²) in [6.45, 7) is 0.664. The topological polar surface area (TPSA) is 50.4 Å². The lowest BCUT2D eigenvalue weighted by molar-refractivity contribution is -0.136. The molecule has 2 aliphatic rings. The fourth-order valence-electron chi connectivity index (χ4n) is 2.30. The molecule has 2 heterocycles. The van der Waals surface area contributed by atoms with E-state index in [0.29, 0.717) is 6.61 Å². The van der Waals surface area contributed by atoms with Gasteiger partial charge in [0.2, 0.25) is 0 Å². The second-order valence-corrected chi connectivity index (χ2v) is 3.96. The fourth-order valence-corrected chi connectivity index (χ4v) is 2.30. The van der Waals surface area contributed by atoms with Crippen LogP contribution in [0.4, 0.5) is 5.69 Å². The van der Waals surface area contributed by atoms with Crippen LogP contribution in [-0.2, 0) is 15.2 Å². The zero-order chi connectivity index (χ0) is 10.3. The smallest absolute Gasteiger partial charge is 0.251 e. The average molecular weight is 204 g/mol. The van der Waals surface area contributed by atoms with Crippen LogP contribution in [0.25, 0.3) is 0 Å². The lowest BCUT2D eigenvalue weighted by atomic mass is 9.87. The lowest BCUT2D eigenvalue weighted by Crippen LogP contribution is -2.50. The van der Waals surface area contributed by atoms with Gasteiger partial charge in [0, 0.05) is 11.3 Å². The highest BCUT2D eigenvalue weighted by Crippen LogP contribution is 2.40. The van der Waals surface area contributed by atoms with Gasteiger partial charge in [0.05, 0.1) is 6.61 Å². The minimum absolute atomic E-state index is 0.0107. The number of amides is 1. The highest BCUT2D eigenvalue weighted by Gasteiger charge is 2.48. The third kappa shape index (κ3) is 1.12. The van der Waals surface area contributed by atoms with Crippen molar-refractivity contribution < 1.29 is 9.63 Å². The second-order valence-electron chi connectivity index (χ2n) is 3.96. The molecule has 1 fully saturated rings. The Morgan fingerprint density at radius 2 is 2.20 bits per heavy atom. The normalized spacial score (nSPS) is 28.9. The molecule has 2 aliphatic heterocycles. The van der Waals surface area contributed by atoms with Crippen LogP contribution in [0.15, 0.2) is 24.3 Å². The van der Waals surface area contributed by atoms with Gasteiger partial charge >= 0.3 is 0 Å². The van der Waals surface area contributed by atoms with E-state index in [0.717, 1.165) is 24.1 Å². The minimum Gasteiger partial charge on any atom is -0.324 e. The Bertz CT molecular complexity index is 411. The Labute approximate surface area is 87.6 Å². The summed E-state index contributed by atoms with van der Waals surface area (Å²) in [6.07, 6.45) is 1.69. The van der Waals surface area contributed by atoms with Crippen molar-refractivity contribution in [1.29, 1.82) is 0 Å². The first-order valence-electron chi connectivity index (χ1n) is 5.13. The van der Waals surface area contributed by atoms with Crippen LogP contribution in [0, 0.1) is 0 Å². The van der Waals surface area contributed by atoms with Crippen LogP contribution >= 0.6 is 0 Å². The summed E-state index contributed by atoms with van der Waals surface area (Å²) in [5, 5.41) is 2.88. The number of carbonyl (C=O) groups excluding carboxylic acids is 1. The number of hydrogen-bond acceptors (Lipinski definition) is 3. The minimum atomic E-state index is -0.658. The van der Waals surface area contributed by atoms with E-state index in [4.69, 9.17) is 4.84 Å². The van der Waals surface area contributed by atoms with Crippen LogP contribution in [0.2, 0.25) is 0 Å². The molecule has 0 saturated carbocycles. The van der Waals surface area contributed by atoms with E-state index in [1.165, 1.54) is 0 Å². The molecule has 2 N–H and O–H groups in total. The van der Waals surface area contributed by atoms with Crippen LogP contribution in [0.3, 0.4) is 0 Å². The number of hydroxylamine groups is 1. The first-order chi connectivity index (χ1) is 7.33. The van der Waals surface area contributed by atoms with E-state index in [1.54, 1.807) is 0 Å². The number of rotatable bonds is 0. The summed E-state index contributed by atoms with van der Waals surface area (Å²) < 4.78 is 0. The third-order valence-corrected chi connectivity index (χ3v) is 3.07. The maximum atomic E-state index is 12.0. The number of fused-ring (bicyclic) bond motifs is 2. The van der Waals surface area contributed by atoms with Crippen LogP contribution in [-0.4, -0.2) is 12.5 Å². The van der Waals surface area contributed by atoms with Gasteiger partial charge in [0.1, 0.15) is 5.54 Å². The zero-order valence-electron chi connectivity index (χ0n) is 8.25. The summed E-state index contributed by atoms with van der Waals surface area (Å²) in [5.74, 6) is -0.0107. The van der Waals surface area contributed by atoms with E-state index < -0.39 is 5.54 Å². The van der Waals surface area contributed by atoms with E-state index >= 15 is 0 Å². The Morgan fingerprint density at radius 3 is 3.00 bits per heavy atom. The van der Waals surface area contributed by atoms with Crippen molar-refractivity contribution in [1.82, 2.24) is 5.48 Å². The van der Waals surface area contributed by atoms with Gasteiger partial charge in [-0.3, -0.25) is 4.79 Å². The highest BCUT2D eigenvalue weighted by molar-refractivity contribution is 6.05. The largest absolute Gasteiger partial charge is 0.324 e. The predicted octanol–water partition coefficient (Wildman–Crippen LogP) is 1.15. The van der Waals surface area contributed by atoms with Gasteiger partial charge in [-0.2, -0.15) is 5.48 Å². The molecule has 1 spiro atoms. The first kappa shape index (κ1) is 8.88. The number of hydrogen-bond donors (Lipinski definition) is 2. The van der Waals surface area contributed by atoms with Crippen molar-refractivity contribution in [3.8, 4) is 0 Å². The van der Waals surface area contributed by atoms with Crippen molar-refractivity contribution in [2.45, 2.75) is 18.4 Å². The molecule has 1 amide bonds. The molecular formula is C11H12N2O2. The molecule has 0 bridgehead atoms. The van der Waals surface area contributed by atoms with Gasteiger partial charge in [-0.15, -0.1) is 0 Å². The second kappa shape index (κ2) is 3.05. The summed E-state index contributed by atoms with van der Waals surface area (Å²) in [7, 11) is 0. The Kier molecular flexibility index (Phi) is 1.81. The molecule has 1 atom stereocenters. The summed E-state index contributed by atoms with van der Waals surface area (Å²) >= 11 is 0. The number of carbonyl (C=O) groups is 1. The molecule has 3 rings (SSSR count). The molecule has 1 saturated heterocycles. The maximum Gasteiger partial charge on any atom is 0.251 e. The number of nitrogens with one attached hydrogen (secondary N) is 2. The van der Waals surface area contributed by atoms with E-state index in [9.17, 15) is 4.79 Å². The van der Waals surface area contributed by atoms with Crippen LogP contribution in [0.5, 0.6) is 0 Å². The van der Waals surface area contributed by atoms with E-state index in [-0.39, 0.29) is 5.91 Å². The number of para-hydroxylation sites is 1. The molecule has 78 valence electrons. The van der Waals surface area contributed by atoms with Gasteiger partial charge in [-0.25, -0.2) is 0 Å². The SMILES string of the molecule is O=C1Nc2ccccc2C12CCCON2. The van der Waals surface area contributed by atoms with E-state index in [1.807, 2.05) is 24.3 Å². The van der Waals surface area contributed by atoms with Crippen molar-refractivity contribution in [3.05, 3.63) is 29.8 Å². The predicted molar refractivity (Wildman–Crippen MR) is 55.1 cm³/mol. The molecule has 4 heteroatoms. The maximum absolute atomic E-state index is 12.0.